The van der Waals surface area contributed by atoms with Gasteiger partial charge >= 0.3 is 0 Å². The van der Waals surface area contributed by atoms with Crippen LogP contribution in [0, 0.1) is 6.92 Å². The highest BCUT2D eigenvalue weighted by atomic mass is 35.5. The summed E-state index contributed by atoms with van der Waals surface area (Å²) in [4.78, 5) is 11.6. The molecule has 0 aliphatic carbocycles. The summed E-state index contributed by atoms with van der Waals surface area (Å²) >= 11 is 6.06. The smallest absolute Gasteiger partial charge is 0.160 e. The molecule has 5 heteroatoms. The highest BCUT2D eigenvalue weighted by molar-refractivity contribution is 6.16. The Morgan fingerprint density at radius 2 is 1.90 bits per heavy atom. The maximum atomic E-state index is 6.06. The molecule has 0 spiro atoms. The highest BCUT2D eigenvalue weighted by Crippen LogP contribution is 2.17. The van der Waals surface area contributed by atoms with Crippen molar-refractivity contribution in [2.45, 2.75) is 59.1 Å². The fourth-order valence-electron chi connectivity index (χ4n) is 2.82. The normalized spacial score (nSPS) is 12.2. The van der Waals surface area contributed by atoms with Gasteiger partial charge in [-0.1, -0.05) is 0 Å². The molecule has 116 valence electrons. The highest BCUT2D eigenvalue weighted by Gasteiger charge is 2.16. The quantitative estimate of drug-likeness (QED) is 0.765. The first-order chi connectivity index (χ1) is 9.93. The van der Waals surface area contributed by atoms with Gasteiger partial charge in [0.15, 0.2) is 5.65 Å². The summed E-state index contributed by atoms with van der Waals surface area (Å²) in [5, 5.41) is 0. The third-order valence-electron chi connectivity index (χ3n) is 3.83. The van der Waals surface area contributed by atoms with E-state index in [4.69, 9.17) is 11.6 Å². The number of imidazole rings is 1. The van der Waals surface area contributed by atoms with E-state index in [1.807, 2.05) is 13.1 Å². The SMILES string of the molecule is Cc1cnc2c(c1)nc(CCl)n2CCN(C(C)C)C(C)C. The molecular weight excluding hydrogens is 284 g/mol. The molecule has 0 bridgehead atoms. The molecule has 0 amide bonds. The first kappa shape index (κ1) is 16.2. The molecule has 0 aliphatic heterocycles. The molecule has 2 aromatic rings. The summed E-state index contributed by atoms with van der Waals surface area (Å²) in [5.74, 6) is 1.32. The van der Waals surface area contributed by atoms with Crippen molar-refractivity contribution in [1.29, 1.82) is 0 Å². The zero-order valence-electron chi connectivity index (χ0n) is 13.6. The van der Waals surface area contributed by atoms with E-state index in [1.54, 1.807) is 0 Å². The van der Waals surface area contributed by atoms with Crippen LogP contribution in [0.1, 0.15) is 39.1 Å². The van der Waals surface area contributed by atoms with Gasteiger partial charge in [0.25, 0.3) is 0 Å². The lowest BCUT2D eigenvalue weighted by molar-refractivity contribution is 0.168. The summed E-state index contributed by atoms with van der Waals surface area (Å²) < 4.78 is 2.15. The van der Waals surface area contributed by atoms with E-state index < -0.39 is 0 Å². The van der Waals surface area contributed by atoms with Gasteiger partial charge in [0.05, 0.1) is 5.88 Å². The Bertz CT molecular complexity index is 596. The second-order valence-electron chi connectivity index (χ2n) is 6.09. The van der Waals surface area contributed by atoms with Gasteiger partial charge in [-0.05, 0) is 46.2 Å². The molecule has 21 heavy (non-hydrogen) atoms. The number of alkyl halides is 1. The topological polar surface area (TPSA) is 34.0 Å². The molecule has 0 aliphatic rings. The molecule has 0 saturated heterocycles. The van der Waals surface area contributed by atoms with Gasteiger partial charge in [-0.3, -0.25) is 4.90 Å². The lowest BCUT2D eigenvalue weighted by Gasteiger charge is -2.30. The van der Waals surface area contributed by atoms with Crippen LogP contribution in [-0.2, 0) is 12.4 Å². The Kier molecular flexibility index (Phi) is 5.22. The largest absolute Gasteiger partial charge is 0.310 e. The summed E-state index contributed by atoms with van der Waals surface area (Å²) in [6, 6.07) is 3.11. The van der Waals surface area contributed by atoms with Gasteiger partial charge in [0.2, 0.25) is 0 Å². The fourth-order valence-corrected chi connectivity index (χ4v) is 3.03. The van der Waals surface area contributed by atoms with Crippen molar-refractivity contribution in [3.63, 3.8) is 0 Å². The van der Waals surface area contributed by atoms with E-state index in [-0.39, 0.29) is 0 Å². The summed E-state index contributed by atoms with van der Waals surface area (Å²) in [6.45, 7) is 12.8. The minimum absolute atomic E-state index is 0.415. The maximum Gasteiger partial charge on any atom is 0.160 e. The van der Waals surface area contributed by atoms with E-state index in [9.17, 15) is 0 Å². The first-order valence-corrected chi connectivity index (χ1v) is 8.11. The van der Waals surface area contributed by atoms with Crippen molar-refractivity contribution < 1.29 is 0 Å². The van der Waals surface area contributed by atoms with E-state index in [1.165, 1.54) is 0 Å². The lowest BCUT2D eigenvalue weighted by atomic mass is 10.2. The van der Waals surface area contributed by atoms with Gasteiger partial charge in [0.1, 0.15) is 11.3 Å². The predicted molar refractivity (Wildman–Crippen MR) is 88.8 cm³/mol. The second-order valence-corrected chi connectivity index (χ2v) is 6.36. The molecule has 2 rings (SSSR count). The molecule has 0 radical (unpaired) electrons. The number of pyridine rings is 1. The molecule has 2 aromatic heterocycles. The fraction of sp³-hybridized carbons (Fsp3) is 0.625. The molecule has 2 heterocycles. The molecular formula is C16H25ClN4. The Labute approximate surface area is 132 Å². The molecule has 0 fully saturated rings. The average Bonchev–Trinajstić information content (AvgIpc) is 2.75. The molecule has 0 unspecified atom stereocenters. The summed E-state index contributed by atoms with van der Waals surface area (Å²) in [6.07, 6.45) is 1.89. The molecule has 0 saturated carbocycles. The lowest BCUT2D eigenvalue weighted by Crippen LogP contribution is -2.39. The zero-order valence-corrected chi connectivity index (χ0v) is 14.4. The van der Waals surface area contributed by atoms with Crippen molar-refractivity contribution >= 4 is 22.8 Å². The van der Waals surface area contributed by atoms with Gasteiger partial charge in [0, 0.05) is 31.4 Å². The third-order valence-corrected chi connectivity index (χ3v) is 4.07. The summed E-state index contributed by atoms with van der Waals surface area (Å²) in [7, 11) is 0. The number of aryl methyl sites for hydroxylation is 1. The predicted octanol–water partition coefficient (Wildman–Crippen LogP) is 3.60. The van der Waals surface area contributed by atoms with Gasteiger partial charge in [-0.25, -0.2) is 9.97 Å². The molecule has 0 aromatic carbocycles. The van der Waals surface area contributed by atoms with Crippen LogP contribution in [0.5, 0.6) is 0 Å². The monoisotopic (exact) mass is 308 g/mol. The number of rotatable bonds is 6. The van der Waals surface area contributed by atoms with E-state index >= 15 is 0 Å². The Morgan fingerprint density at radius 1 is 1.24 bits per heavy atom. The Balaban J connectivity index is 2.28. The van der Waals surface area contributed by atoms with Crippen LogP contribution in [0.15, 0.2) is 12.3 Å². The van der Waals surface area contributed by atoms with Crippen molar-refractivity contribution in [3.8, 4) is 0 Å². The van der Waals surface area contributed by atoms with E-state index in [2.05, 4.69) is 53.2 Å². The second kappa shape index (κ2) is 6.75. The van der Waals surface area contributed by atoms with Crippen molar-refractivity contribution in [1.82, 2.24) is 19.4 Å². The minimum Gasteiger partial charge on any atom is -0.310 e. The van der Waals surface area contributed by atoms with Crippen LogP contribution in [0.3, 0.4) is 0 Å². The number of halogens is 1. The molecule has 0 N–H and O–H groups in total. The Morgan fingerprint density at radius 3 is 2.48 bits per heavy atom. The van der Waals surface area contributed by atoms with Crippen LogP contribution in [0.4, 0.5) is 0 Å². The van der Waals surface area contributed by atoms with Gasteiger partial charge < -0.3 is 4.57 Å². The minimum atomic E-state index is 0.415. The maximum absolute atomic E-state index is 6.06. The molecule has 4 nitrogen and oxygen atoms in total. The van der Waals surface area contributed by atoms with Crippen LogP contribution >= 0.6 is 11.6 Å². The Hall–Kier alpha value is -1.13. The van der Waals surface area contributed by atoms with Crippen molar-refractivity contribution in [3.05, 3.63) is 23.7 Å². The van der Waals surface area contributed by atoms with Gasteiger partial charge in [-0.2, -0.15) is 0 Å². The molecule has 0 atom stereocenters. The number of hydrogen-bond acceptors (Lipinski definition) is 3. The number of nitrogens with zero attached hydrogens (tertiary/aromatic N) is 4. The third kappa shape index (κ3) is 3.55. The number of hydrogen-bond donors (Lipinski definition) is 0. The van der Waals surface area contributed by atoms with Crippen LogP contribution in [-0.4, -0.2) is 38.1 Å². The van der Waals surface area contributed by atoms with Crippen LogP contribution < -0.4 is 0 Å². The first-order valence-electron chi connectivity index (χ1n) is 7.57. The summed E-state index contributed by atoms with van der Waals surface area (Å²) in [5.41, 5.74) is 2.99. The van der Waals surface area contributed by atoms with Crippen LogP contribution in [0.25, 0.3) is 11.2 Å². The average molecular weight is 309 g/mol. The van der Waals surface area contributed by atoms with Gasteiger partial charge in [-0.15, -0.1) is 11.6 Å². The van der Waals surface area contributed by atoms with Crippen LogP contribution in [0.2, 0.25) is 0 Å². The zero-order chi connectivity index (χ0) is 15.6. The van der Waals surface area contributed by atoms with E-state index in [0.717, 1.165) is 35.6 Å². The van der Waals surface area contributed by atoms with Crippen molar-refractivity contribution in [2.75, 3.05) is 6.54 Å². The van der Waals surface area contributed by atoms with Crippen molar-refractivity contribution in [2.24, 2.45) is 0 Å². The van der Waals surface area contributed by atoms with E-state index in [0.29, 0.717) is 18.0 Å². The number of fused-ring (bicyclic) bond motifs is 1. The number of aromatic nitrogens is 3. The standard InChI is InChI=1S/C16H25ClN4/c1-11(2)20(12(3)4)6-7-21-15(9-17)19-14-8-13(5)10-18-16(14)21/h8,10-12H,6-7,9H2,1-5H3.